The zero-order valence-electron chi connectivity index (χ0n) is 11.7. The van der Waals surface area contributed by atoms with E-state index >= 15 is 0 Å². The highest BCUT2D eigenvalue weighted by atomic mass is 16.5. The fourth-order valence-electron chi connectivity index (χ4n) is 2.30. The van der Waals surface area contributed by atoms with Gasteiger partial charge in [0.05, 0.1) is 24.7 Å². The molecule has 0 bridgehead atoms. The molecule has 5 nitrogen and oxygen atoms in total. The Kier molecular flexibility index (Phi) is 4.24. The molecule has 0 unspecified atom stereocenters. The smallest absolute Gasteiger partial charge is 0.359 e. The van der Waals surface area contributed by atoms with Gasteiger partial charge in [-0.15, -0.1) is 0 Å². The molecule has 0 spiro atoms. The number of carbonyl (C=O) groups excluding carboxylic acids is 1. The summed E-state index contributed by atoms with van der Waals surface area (Å²) in [6.07, 6.45) is 3.57. The maximum absolute atomic E-state index is 11.9. The van der Waals surface area contributed by atoms with Gasteiger partial charge in [0.1, 0.15) is 0 Å². The average Bonchev–Trinajstić information content (AvgIpc) is 2.77. The summed E-state index contributed by atoms with van der Waals surface area (Å²) in [7, 11) is 0. The Morgan fingerprint density at radius 2 is 2.11 bits per heavy atom. The Labute approximate surface area is 113 Å². The second-order valence-electron chi connectivity index (χ2n) is 4.29. The molecule has 19 heavy (non-hydrogen) atoms. The molecule has 1 aliphatic rings. The highest BCUT2D eigenvalue weighted by Gasteiger charge is 2.25. The van der Waals surface area contributed by atoms with Crippen LogP contribution in [0.4, 0.5) is 0 Å². The number of esters is 1. The molecular formula is C14H20N2O3. The van der Waals surface area contributed by atoms with Crippen LogP contribution in [0, 0.1) is 0 Å². The monoisotopic (exact) mass is 264 g/mol. The van der Waals surface area contributed by atoms with Crippen molar-refractivity contribution >= 4 is 12.0 Å². The molecular weight excluding hydrogens is 244 g/mol. The van der Waals surface area contributed by atoms with Gasteiger partial charge in [-0.05, 0) is 27.2 Å². The van der Waals surface area contributed by atoms with Crippen LogP contribution in [-0.4, -0.2) is 29.0 Å². The van der Waals surface area contributed by atoms with Gasteiger partial charge in [-0.1, -0.05) is 0 Å². The van der Waals surface area contributed by atoms with E-state index in [9.17, 15) is 4.79 Å². The Balaban J connectivity index is 2.39. The van der Waals surface area contributed by atoms with Crippen LogP contribution in [0.15, 0.2) is 5.76 Å². The molecule has 1 aromatic heterocycles. The minimum atomic E-state index is -0.334. The largest absolute Gasteiger partial charge is 0.498 e. The van der Waals surface area contributed by atoms with Crippen LogP contribution < -0.4 is 0 Å². The fraction of sp³-hybridized carbons (Fsp3) is 0.571. The molecule has 0 fully saturated rings. The summed E-state index contributed by atoms with van der Waals surface area (Å²) >= 11 is 0. The predicted octanol–water partition coefficient (Wildman–Crippen LogP) is 2.40. The third kappa shape index (κ3) is 2.64. The molecule has 1 aromatic rings. The zero-order chi connectivity index (χ0) is 13.8. The minimum absolute atomic E-state index is 0.334. The summed E-state index contributed by atoms with van der Waals surface area (Å²) in [5.74, 6) is 0.624. The third-order valence-corrected chi connectivity index (χ3v) is 3.11. The van der Waals surface area contributed by atoms with E-state index in [-0.39, 0.29) is 5.97 Å². The van der Waals surface area contributed by atoms with Gasteiger partial charge in [-0.2, -0.15) is 5.10 Å². The van der Waals surface area contributed by atoms with Crippen LogP contribution in [0.3, 0.4) is 0 Å². The lowest BCUT2D eigenvalue weighted by molar-refractivity contribution is 0.0517. The van der Waals surface area contributed by atoms with E-state index in [0.717, 1.165) is 36.4 Å². The number of fused-ring (bicyclic) bond motifs is 1. The Morgan fingerprint density at radius 3 is 2.74 bits per heavy atom. The quantitative estimate of drug-likeness (QED) is 0.766. The minimum Gasteiger partial charge on any atom is -0.498 e. The second-order valence-corrected chi connectivity index (χ2v) is 4.29. The highest BCUT2D eigenvalue weighted by Crippen LogP contribution is 2.27. The van der Waals surface area contributed by atoms with Crippen LogP contribution in [0.2, 0.25) is 0 Å². The molecule has 0 aliphatic heterocycles. The third-order valence-electron chi connectivity index (χ3n) is 3.11. The van der Waals surface area contributed by atoms with Crippen molar-refractivity contribution < 1.29 is 14.3 Å². The van der Waals surface area contributed by atoms with E-state index in [4.69, 9.17) is 9.47 Å². The van der Waals surface area contributed by atoms with Gasteiger partial charge in [0, 0.05) is 24.6 Å². The predicted molar refractivity (Wildman–Crippen MR) is 71.8 cm³/mol. The summed E-state index contributed by atoms with van der Waals surface area (Å²) in [4.78, 5) is 11.9. The number of aromatic nitrogens is 2. The first-order valence-electron chi connectivity index (χ1n) is 6.81. The summed E-state index contributed by atoms with van der Waals surface area (Å²) < 4.78 is 12.5. The molecule has 0 saturated carbocycles. The van der Waals surface area contributed by atoms with E-state index in [1.165, 1.54) is 0 Å². The van der Waals surface area contributed by atoms with Crippen molar-refractivity contribution in [3.05, 3.63) is 22.7 Å². The number of rotatable bonds is 5. The lowest BCUT2D eigenvalue weighted by Gasteiger charge is -2.15. The number of hydrogen-bond acceptors (Lipinski definition) is 4. The van der Waals surface area contributed by atoms with E-state index < -0.39 is 0 Å². The lowest BCUT2D eigenvalue weighted by Crippen LogP contribution is -2.10. The number of carbonyl (C=O) groups is 1. The summed E-state index contributed by atoms with van der Waals surface area (Å²) in [6, 6.07) is 0. The molecule has 104 valence electrons. The molecule has 1 heterocycles. The van der Waals surface area contributed by atoms with Crippen molar-refractivity contribution in [1.29, 1.82) is 0 Å². The number of hydrogen-bond donors (Lipinski definition) is 0. The van der Waals surface area contributed by atoms with Crippen LogP contribution in [0.1, 0.15) is 48.9 Å². The second kappa shape index (κ2) is 5.91. The maximum Gasteiger partial charge on any atom is 0.359 e. The molecule has 0 N–H and O–H groups in total. The van der Waals surface area contributed by atoms with Gasteiger partial charge in [0.25, 0.3) is 0 Å². The summed E-state index contributed by atoms with van der Waals surface area (Å²) in [5, 5.41) is 4.37. The van der Waals surface area contributed by atoms with Crippen molar-refractivity contribution in [1.82, 2.24) is 9.78 Å². The Morgan fingerprint density at radius 1 is 1.32 bits per heavy atom. The summed E-state index contributed by atoms with van der Waals surface area (Å²) in [5.41, 5.74) is 2.40. The van der Waals surface area contributed by atoms with Crippen LogP contribution in [-0.2, 0) is 22.4 Å². The molecule has 0 saturated heterocycles. The van der Waals surface area contributed by atoms with E-state index in [2.05, 4.69) is 5.10 Å². The van der Waals surface area contributed by atoms with Gasteiger partial charge in [-0.25, -0.2) is 4.79 Å². The number of allylic oxidation sites excluding steroid dienone is 1. The van der Waals surface area contributed by atoms with Gasteiger partial charge in [-0.3, -0.25) is 4.68 Å². The molecule has 5 heteroatoms. The molecule has 0 radical (unpaired) electrons. The van der Waals surface area contributed by atoms with E-state index in [1.54, 1.807) is 6.92 Å². The van der Waals surface area contributed by atoms with Crippen molar-refractivity contribution in [3.8, 4) is 0 Å². The summed E-state index contributed by atoms with van der Waals surface area (Å²) in [6.45, 7) is 7.52. The van der Waals surface area contributed by atoms with Crippen molar-refractivity contribution in [2.24, 2.45) is 0 Å². The Bertz CT molecular complexity index is 503. The molecule has 0 atom stereocenters. The topological polar surface area (TPSA) is 53.3 Å². The van der Waals surface area contributed by atoms with Crippen LogP contribution in [0.5, 0.6) is 0 Å². The van der Waals surface area contributed by atoms with Gasteiger partial charge in [0.15, 0.2) is 5.69 Å². The van der Waals surface area contributed by atoms with Gasteiger partial charge >= 0.3 is 5.97 Å². The van der Waals surface area contributed by atoms with E-state index in [0.29, 0.717) is 18.9 Å². The maximum atomic E-state index is 11.9. The van der Waals surface area contributed by atoms with Crippen LogP contribution >= 0.6 is 0 Å². The average molecular weight is 264 g/mol. The normalized spacial score (nSPS) is 13.7. The molecule has 0 aromatic carbocycles. The lowest BCUT2D eigenvalue weighted by atomic mass is 10.00. The van der Waals surface area contributed by atoms with E-state index in [1.807, 2.05) is 24.6 Å². The standard InChI is InChI=1S/C14H20N2O3/c1-4-16-12-9-10(18-5-2)7-8-11(12)13(15-16)14(17)19-6-3/h9H,4-8H2,1-3H3. The number of aryl methyl sites for hydroxylation is 1. The fourth-order valence-corrected chi connectivity index (χ4v) is 2.30. The number of ether oxygens (including phenoxy) is 2. The first-order chi connectivity index (χ1) is 9.21. The first-order valence-corrected chi connectivity index (χ1v) is 6.81. The van der Waals surface area contributed by atoms with Gasteiger partial charge in [0.2, 0.25) is 0 Å². The molecule has 1 aliphatic carbocycles. The zero-order valence-corrected chi connectivity index (χ0v) is 11.7. The molecule has 2 rings (SSSR count). The van der Waals surface area contributed by atoms with Crippen molar-refractivity contribution in [2.75, 3.05) is 13.2 Å². The van der Waals surface area contributed by atoms with Gasteiger partial charge < -0.3 is 9.47 Å². The first kappa shape index (κ1) is 13.6. The van der Waals surface area contributed by atoms with Crippen molar-refractivity contribution in [2.45, 2.75) is 40.2 Å². The highest BCUT2D eigenvalue weighted by molar-refractivity contribution is 5.90. The number of nitrogens with zero attached hydrogens (tertiary/aromatic N) is 2. The van der Waals surface area contributed by atoms with Crippen molar-refractivity contribution in [3.63, 3.8) is 0 Å². The molecule has 0 amide bonds. The Hall–Kier alpha value is -1.78. The SMILES string of the molecule is CCOC(=O)c1nn(CC)c2c1CCC(OCC)=C2. The van der Waals surface area contributed by atoms with Crippen LogP contribution in [0.25, 0.3) is 6.08 Å².